The van der Waals surface area contributed by atoms with Crippen molar-refractivity contribution in [3.63, 3.8) is 0 Å². The fourth-order valence-corrected chi connectivity index (χ4v) is 3.28. The van der Waals surface area contributed by atoms with Gasteiger partial charge in [-0.3, -0.25) is 4.79 Å². The van der Waals surface area contributed by atoms with Crippen molar-refractivity contribution in [2.45, 2.75) is 17.9 Å². The summed E-state index contributed by atoms with van der Waals surface area (Å²) in [4.78, 5) is 13.3. The maximum absolute atomic E-state index is 12.3. The average molecular weight is 322 g/mol. The zero-order valence-corrected chi connectivity index (χ0v) is 12.8. The van der Waals surface area contributed by atoms with E-state index in [2.05, 4.69) is 20.2 Å². The van der Waals surface area contributed by atoms with E-state index in [0.717, 1.165) is 5.69 Å². The molecular weight excluding hydrogens is 308 g/mol. The fraction of sp³-hybridized carbons (Fsp3) is 0.333. The molecule has 10 heteroatoms. The molecule has 0 saturated heterocycles. The zero-order chi connectivity index (χ0) is 15.9. The third-order valence-electron chi connectivity index (χ3n) is 3.57. The van der Waals surface area contributed by atoms with E-state index in [0.29, 0.717) is 11.4 Å². The lowest BCUT2D eigenvalue weighted by atomic mass is 10.2. The Morgan fingerprint density at radius 2 is 2.09 bits per heavy atom. The van der Waals surface area contributed by atoms with Gasteiger partial charge in [-0.15, -0.1) is 5.10 Å². The van der Waals surface area contributed by atoms with Crippen LogP contribution in [0.1, 0.15) is 11.4 Å². The van der Waals surface area contributed by atoms with Crippen molar-refractivity contribution in [3.05, 3.63) is 29.6 Å². The number of amides is 1. The molecular formula is C12H14N6O3S. The number of aryl methyl sites for hydroxylation is 1. The van der Waals surface area contributed by atoms with Crippen LogP contribution in [-0.2, 0) is 34.8 Å². The Hall–Kier alpha value is -2.33. The Morgan fingerprint density at radius 3 is 2.77 bits per heavy atom. The Labute approximate surface area is 127 Å². The summed E-state index contributed by atoms with van der Waals surface area (Å²) in [6, 6.07) is 4.64. The van der Waals surface area contributed by atoms with Gasteiger partial charge in [0.15, 0.2) is 5.82 Å². The molecule has 0 spiro atoms. The summed E-state index contributed by atoms with van der Waals surface area (Å²) in [6.07, 6.45) is 0.211. The van der Waals surface area contributed by atoms with E-state index in [9.17, 15) is 13.2 Å². The summed E-state index contributed by atoms with van der Waals surface area (Å²) in [5.41, 5.74) is 1.44. The van der Waals surface area contributed by atoms with Gasteiger partial charge in [-0.1, -0.05) is 0 Å². The van der Waals surface area contributed by atoms with Crippen molar-refractivity contribution in [2.24, 2.45) is 7.05 Å². The molecule has 22 heavy (non-hydrogen) atoms. The van der Waals surface area contributed by atoms with Crippen LogP contribution >= 0.6 is 0 Å². The molecule has 1 amide bonds. The maximum atomic E-state index is 12.3. The minimum atomic E-state index is -3.70. The highest BCUT2D eigenvalue weighted by molar-refractivity contribution is 7.89. The maximum Gasteiger partial charge on any atom is 0.240 e. The summed E-state index contributed by atoms with van der Waals surface area (Å²) >= 11 is 0. The SMILES string of the molecule is CN1C(=O)Cc2cc(S(=O)(=O)NCc3nnnn3C)ccc21. The van der Waals surface area contributed by atoms with Crippen LogP contribution in [0.5, 0.6) is 0 Å². The molecule has 1 aliphatic rings. The number of tetrazole rings is 1. The number of benzene rings is 1. The van der Waals surface area contributed by atoms with Crippen molar-refractivity contribution in [3.8, 4) is 0 Å². The predicted molar refractivity (Wildman–Crippen MR) is 76.4 cm³/mol. The molecule has 0 bridgehead atoms. The van der Waals surface area contributed by atoms with Gasteiger partial charge in [0.1, 0.15) is 0 Å². The van der Waals surface area contributed by atoms with Crippen molar-refractivity contribution in [1.29, 1.82) is 0 Å². The average Bonchev–Trinajstić information content (AvgIpc) is 3.01. The van der Waals surface area contributed by atoms with Crippen LogP contribution in [0.15, 0.2) is 23.1 Å². The van der Waals surface area contributed by atoms with E-state index in [4.69, 9.17) is 0 Å². The number of hydrogen-bond acceptors (Lipinski definition) is 6. The molecule has 116 valence electrons. The van der Waals surface area contributed by atoms with Crippen LogP contribution in [0, 0.1) is 0 Å². The first kappa shape index (κ1) is 14.6. The third-order valence-corrected chi connectivity index (χ3v) is 4.97. The number of rotatable bonds is 4. The molecule has 9 nitrogen and oxygen atoms in total. The van der Waals surface area contributed by atoms with Gasteiger partial charge in [-0.25, -0.2) is 17.8 Å². The monoisotopic (exact) mass is 322 g/mol. The Bertz CT molecular complexity index is 844. The number of sulfonamides is 1. The number of nitrogens with one attached hydrogen (secondary N) is 1. The molecule has 2 aromatic rings. The minimum absolute atomic E-state index is 0.0122. The second kappa shape index (κ2) is 5.14. The van der Waals surface area contributed by atoms with Gasteiger partial charge in [0.2, 0.25) is 15.9 Å². The van der Waals surface area contributed by atoms with Crippen LogP contribution in [0.25, 0.3) is 0 Å². The quantitative estimate of drug-likeness (QED) is 0.790. The molecule has 0 saturated carbocycles. The molecule has 3 rings (SSSR count). The minimum Gasteiger partial charge on any atom is -0.315 e. The number of likely N-dealkylation sites (N-methyl/N-ethyl adjacent to an activating group) is 1. The van der Waals surface area contributed by atoms with E-state index in [1.165, 1.54) is 21.7 Å². The Kier molecular flexibility index (Phi) is 3.41. The van der Waals surface area contributed by atoms with Crippen LogP contribution in [-0.4, -0.2) is 41.6 Å². The Balaban J connectivity index is 1.83. The molecule has 0 unspecified atom stereocenters. The fourth-order valence-electron chi connectivity index (χ4n) is 2.25. The first-order valence-electron chi connectivity index (χ1n) is 6.49. The molecule has 1 aromatic carbocycles. The van der Waals surface area contributed by atoms with Crippen LogP contribution in [0.2, 0.25) is 0 Å². The molecule has 1 N–H and O–H groups in total. The molecule has 2 heterocycles. The number of nitrogens with zero attached hydrogens (tertiary/aromatic N) is 5. The van der Waals surface area contributed by atoms with Gasteiger partial charge in [0.05, 0.1) is 17.9 Å². The van der Waals surface area contributed by atoms with Gasteiger partial charge >= 0.3 is 0 Å². The van der Waals surface area contributed by atoms with E-state index in [-0.39, 0.29) is 23.8 Å². The number of aromatic nitrogens is 4. The Morgan fingerprint density at radius 1 is 1.32 bits per heavy atom. The normalized spacial score (nSPS) is 14.5. The van der Waals surface area contributed by atoms with Crippen molar-refractivity contribution in [1.82, 2.24) is 24.9 Å². The van der Waals surface area contributed by atoms with E-state index < -0.39 is 10.0 Å². The first-order chi connectivity index (χ1) is 10.4. The van der Waals surface area contributed by atoms with E-state index in [1.807, 2.05) is 0 Å². The molecule has 0 atom stereocenters. The molecule has 0 fully saturated rings. The summed E-state index contributed by atoms with van der Waals surface area (Å²) in [7, 11) is -0.405. The summed E-state index contributed by atoms with van der Waals surface area (Å²) in [5, 5.41) is 10.8. The van der Waals surface area contributed by atoms with Gasteiger partial charge in [-0.2, -0.15) is 0 Å². The number of anilines is 1. The van der Waals surface area contributed by atoms with E-state index >= 15 is 0 Å². The molecule has 1 aromatic heterocycles. The lowest BCUT2D eigenvalue weighted by Crippen LogP contribution is -2.25. The largest absolute Gasteiger partial charge is 0.315 e. The van der Waals surface area contributed by atoms with Crippen LogP contribution < -0.4 is 9.62 Å². The van der Waals surface area contributed by atoms with Gasteiger partial charge in [-0.05, 0) is 34.2 Å². The number of carbonyl (C=O) groups is 1. The highest BCUT2D eigenvalue weighted by Gasteiger charge is 2.26. The molecule has 0 aliphatic carbocycles. The first-order valence-corrected chi connectivity index (χ1v) is 7.97. The van der Waals surface area contributed by atoms with Crippen LogP contribution in [0.3, 0.4) is 0 Å². The topological polar surface area (TPSA) is 110 Å². The molecule has 1 aliphatic heterocycles. The summed E-state index contributed by atoms with van der Waals surface area (Å²) in [5.74, 6) is 0.349. The second-order valence-corrected chi connectivity index (χ2v) is 6.73. The highest BCUT2D eigenvalue weighted by Crippen LogP contribution is 2.29. The summed E-state index contributed by atoms with van der Waals surface area (Å²) in [6.45, 7) is -0.0122. The smallest absolute Gasteiger partial charge is 0.240 e. The lowest BCUT2D eigenvalue weighted by molar-refractivity contribution is -0.117. The lowest BCUT2D eigenvalue weighted by Gasteiger charge is -2.11. The van der Waals surface area contributed by atoms with Crippen molar-refractivity contribution < 1.29 is 13.2 Å². The number of carbonyl (C=O) groups excluding carboxylic acids is 1. The van der Waals surface area contributed by atoms with Crippen LogP contribution in [0.4, 0.5) is 5.69 Å². The standard InChI is InChI=1S/C12H14N6O3S/c1-17-10-4-3-9(5-8(10)6-12(17)19)22(20,21)13-7-11-14-15-16-18(11)2/h3-5,13H,6-7H2,1-2H3. The van der Waals surface area contributed by atoms with E-state index in [1.54, 1.807) is 20.2 Å². The van der Waals surface area contributed by atoms with Crippen molar-refractivity contribution >= 4 is 21.6 Å². The number of fused-ring (bicyclic) bond motifs is 1. The number of hydrogen-bond donors (Lipinski definition) is 1. The van der Waals surface area contributed by atoms with Gasteiger partial charge in [0.25, 0.3) is 0 Å². The zero-order valence-electron chi connectivity index (χ0n) is 12.0. The van der Waals surface area contributed by atoms with Gasteiger partial charge < -0.3 is 4.90 Å². The van der Waals surface area contributed by atoms with Crippen molar-refractivity contribution in [2.75, 3.05) is 11.9 Å². The highest BCUT2D eigenvalue weighted by atomic mass is 32.2. The van der Waals surface area contributed by atoms with Gasteiger partial charge in [0, 0.05) is 19.8 Å². The predicted octanol–water partition coefficient (Wildman–Crippen LogP) is -0.792. The summed E-state index contributed by atoms with van der Waals surface area (Å²) < 4.78 is 28.5. The second-order valence-electron chi connectivity index (χ2n) is 4.96. The molecule has 0 radical (unpaired) electrons. The third kappa shape index (κ3) is 2.46.